The minimum absolute atomic E-state index is 0.0157. The molecule has 0 saturated heterocycles. The fraction of sp³-hybridized carbons (Fsp3) is 0.152. The SMILES string of the molecule is Cc1cccc(CN2C(=O)/C(=C\c3ccc(C(=O)N4CCc5ccccc5C4)cc3)Oc3ccccc32)c1. The summed E-state index contributed by atoms with van der Waals surface area (Å²) in [5, 5.41) is 0. The maximum absolute atomic E-state index is 13.5. The van der Waals surface area contributed by atoms with Crippen LogP contribution in [0.4, 0.5) is 5.69 Å². The summed E-state index contributed by atoms with van der Waals surface area (Å²) < 4.78 is 6.04. The second kappa shape index (κ2) is 10.0. The van der Waals surface area contributed by atoms with Crippen molar-refractivity contribution in [2.24, 2.45) is 0 Å². The Morgan fingerprint density at radius 3 is 2.47 bits per heavy atom. The van der Waals surface area contributed by atoms with E-state index in [1.165, 1.54) is 11.1 Å². The second-order valence-electron chi connectivity index (χ2n) is 9.83. The Bertz CT molecular complexity index is 1550. The molecule has 6 rings (SSSR count). The lowest BCUT2D eigenvalue weighted by Gasteiger charge is -2.30. The van der Waals surface area contributed by atoms with Crippen molar-refractivity contribution >= 4 is 23.6 Å². The van der Waals surface area contributed by atoms with Gasteiger partial charge in [-0.25, -0.2) is 0 Å². The third-order valence-corrected chi connectivity index (χ3v) is 7.13. The van der Waals surface area contributed by atoms with E-state index in [1.807, 2.05) is 90.7 Å². The van der Waals surface area contributed by atoms with Gasteiger partial charge in [0, 0.05) is 18.7 Å². The fourth-order valence-electron chi connectivity index (χ4n) is 5.14. The molecule has 0 aliphatic carbocycles. The number of carbonyl (C=O) groups is 2. The number of benzene rings is 4. The van der Waals surface area contributed by atoms with Crippen molar-refractivity contribution in [3.8, 4) is 5.75 Å². The Morgan fingerprint density at radius 1 is 0.895 bits per heavy atom. The summed E-state index contributed by atoms with van der Waals surface area (Å²) in [6.07, 6.45) is 2.61. The Labute approximate surface area is 222 Å². The molecule has 2 amide bonds. The summed E-state index contributed by atoms with van der Waals surface area (Å²) in [6, 6.07) is 31.4. The first-order valence-corrected chi connectivity index (χ1v) is 12.9. The summed E-state index contributed by atoms with van der Waals surface area (Å²) >= 11 is 0. The molecule has 0 radical (unpaired) electrons. The molecule has 4 aromatic rings. The van der Waals surface area contributed by atoms with Crippen LogP contribution in [0.15, 0.2) is 103 Å². The molecule has 188 valence electrons. The summed E-state index contributed by atoms with van der Waals surface area (Å²) in [5.41, 5.74) is 6.90. The predicted octanol–water partition coefficient (Wildman–Crippen LogP) is 6.16. The number of rotatable bonds is 4. The molecule has 0 N–H and O–H groups in total. The number of amides is 2. The Hall–Kier alpha value is -4.64. The average Bonchev–Trinajstić information content (AvgIpc) is 2.95. The van der Waals surface area contributed by atoms with Crippen molar-refractivity contribution in [2.75, 3.05) is 11.4 Å². The highest BCUT2D eigenvalue weighted by Crippen LogP contribution is 2.36. The number of para-hydroxylation sites is 2. The molecule has 0 atom stereocenters. The molecule has 0 spiro atoms. The van der Waals surface area contributed by atoms with Gasteiger partial charge >= 0.3 is 0 Å². The average molecular weight is 501 g/mol. The highest BCUT2D eigenvalue weighted by atomic mass is 16.5. The first-order chi connectivity index (χ1) is 18.5. The van der Waals surface area contributed by atoms with Gasteiger partial charge in [0.1, 0.15) is 0 Å². The Balaban J connectivity index is 1.23. The van der Waals surface area contributed by atoms with Crippen LogP contribution in [-0.2, 0) is 24.3 Å². The Kier molecular flexibility index (Phi) is 6.26. The van der Waals surface area contributed by atoms with Crippen LogP contribution in [0.5, 0.6) is 5.75 Å². The molecule has 38 heavy (non-hydrogen) atoms. The molecule has 2 aliphatic rings. The number of fused-ring (bicyclic) bond motifs is 2. The van der Waals surface area contributed by atoms with Crippen molar-refractivity contribution in [3.63, 3.8) is 0 Å². The van der Waals surface area contributed by atoms with Gasteiger partial charge in [0.15, 0.2) is 11.5 Å². The van der Waals surface area contributed by atoms with Crippen LogP contribution in [0.1, 0.15) is 38.2 Å². The van der Waals surface area contributed by atoms with Crippen molar-refractivity contribution in [1.82, 2.24) is 4.90 Å². The van der Waals surface area contributed by atoms with Gasteiger partial charge < -0.3 is 9.64 Å². The van der Waals surface area contributed by atoms with Gasteiger partial charge in [-0.1, -0.05) is 78.4 Å². The van der Waals surface area contributed by atoms with E-state index in [1.54, 1.807) is 11.0 Å². The van der Waals surface area contributed by atoms with E-state index in [4.69, 9.17) is 4.74 Å². The largest absolute Gasteiger partial charge is 0.449 e. The molecule has 4 aromatic carbocycles. The highest BCUT2D eigenvalue weighted by Gasteiger charge is 2.30. The third kappa shape index (κ3) is 4.71. The molecular weight excluding hydrogens is 472 g/mol. The summed E-state index contributed by atoms with van der Waals surface area (Å²) in [5.74, 6) is 0.713. The molecule has 0 aromatic heterocycles. The zero-order valence-electron chi connectivity index (χ0n) is 21.3. The lowest BCUT2D eigenvalue weighted by atomic mass is 9.99. The minimum Gasteiger partial charge on any atom is -0.449 e. The number of nitrogens with zero attached hydrogens (tertiary/aromatic N) is 2. The van der Waals surface area contributed by atoms with E-state index in [0.29, 0.717) is 30.9 Å². The number of aryl methyl sites for hydroxylation is 1. The molecule has 0 saturated carbocycles. The molecule has 5 heteroatoms. The highest BCUT2D eigenvalue weighted by molar-refractivity contribution is 6.09. The van der Waals surface area contributed by atoms with E-state index in [2.05, 4.69) is 18.2 Å². The molecule has 0 fully saturated rings. The van der Waals surface area contributed by atoms with Crippen molar-refractivity contribution in [1.29, 1.82) is 0 Å². The second-order valence-corrected chi connectivity index (χ2v) is 9.83. The lowest BCUT2D eigenvalue weighted by molar-refractivity contribution is -0.117. The van der Waals surface area contributed by atoms with Crippen LogP contribution < -0.4 is 9.64 Å². The van der Waals surface area contributed by atoms with Crippen LogP contribution in [0.3, 0.4) is 0 Å². The van der Waals surface area contributed by atoms with E-state index >= 15 is 0 Å². The number of hydrogen-bond donors (Lipinski definition) is 0. The summed E-state index contributed by atoms with van der Waals surface area (Å²) in [4.78, 5) is 30.3. The minimum atomic E-state index is -0.197. The van der Waals surface area contributed by atoms with E-state index in [-0.39, 0.29) is 17.6 Å². The molecular formula is C33H28N2O3. The summed E-state index contributed by atoms with van der Waals surface area (Å²) in [6.45, 7) is 3.83. The van der Waals surface area contributed by atoms with Gasteiger partial charge in [-0.3, -0.25) is 14.5 Å². The van der Waals surface area contributed by atoms with Crippen molar-refractivity contribution in [3.05, 3.63) is 136 Å². The van der Waals surface area contributed by atoms with Crippen LogP contribution in [0.25, 0.3) is 6.08 Å². The van der Waals surface area contributed by atoms with Crippen molar-refractivity contribution < 1.29 is 14.3 Å². The first kappa shape index (κ1) is 23.7. The van der Waals surface area contributed by atoms with Gasteiger partial charge in [-0.05, 0) is 65.9 Å². The normalized spacial score (nSPS) is 15.6. The van der Waals surface area contributed by atoms with Gasteiger partial charge in [-0.15, -0.1) is 0 Å². The standard InChI is InChI=1S/C33H28N2O3/c1-23-7-6-8-25(19-23)21-35-29-11-4-5-12-30(29)38-31(33(35)37)20-24-13-15-27(16-14-24)32(36)34-18-17-26-9-2-3-10-28(26)22-34/h2-16,19-20H,17-18,21-22H2,1H3/b31-20+. The van der Waals surface area contributed by atoms with E-state index in [9.17, 15) is 9.59 Å². The molecule has 2 aliphatic heterocycles. The van der Waals surface area contributed by atoms with E-state index in [0.717, 1.165) is 28.8 Å². The Morgan fingerprint density at radius 2 is 1.66 bits per heavy atom. The van der Waals surface area contributed by atoms with Crippen LogP contribution in [0, 0.1) is 6.92 Å². The van der Waals surface area contributed by atoms with Gasteiger partial charge in [0.25, 0.3) is 11.8 Å². The van der Waals surface area contributed by atoms with Crippen LogP contribution >= 0.6 is 0 Å². The monoisotopic (exact) mass is 500 g/mol. The third-order valence-electron chi connectivity index (χ3n) is 7.13. The first-order valence-electron chi connectivity index (χ1n) is 12.9. The van der Waals surface area contributed by atoms with Gasteiger partial charge in [0.2, 0.25) is 0 Å². The number of anilines is 1. The van der Waals surface area contributed by atoms with E-state index < -0.39 is 0 Å². The van der Waals surface area contributed by atoms with Crippen molar-refractivity contribution in [2.45, 2.75) is 26.4 Å². The number of carbonyl (C=O) groups excluding carboxylic acids is 2. The molecule has 2 heterocycles. The molecule has 5 nitrogen and oxygen atoms in total. The zero-order valence-corrected chi connectivity index (χ0v) is 21.3. The topological polar surface area (TPSA) is 49.9 Å². The number of hydrogen-bond acceptors (Lipinski definition) is 3. The zero-order chi connectivity index (χ0) is 26.1. The number of ether oxygens (including phenoxy) is 1. The quantitative estimate of drug-likeness (QED) is 0.315. The lowest BCUT2D eigenvalue weighted by Crippen LogP contribution is -2.36. The van der Waals surface area contributed by atoms with Crippen LogP contribution in [0.2, 0.25) is 0 Å². The predicted molar refractivity (Wildman–Crippen MR) is 149 cm³/mol. The maximum Gasteiger partial charge on any atom is 0.294 e. The summed E-state index contributed by atoms with van der Waals surface area (Å²) in [7, 11) is 0. The fourth-order valence-corrected chi connectivity index (χ4v) is 5.14. The maximum atomic E-state index is 13.5. The van der Waals surface area contributed by atoms with Gasteiger partial charge in [0.05, 0.1) is 12.2 Å². The molecule has 0 unspecified atom stereocenters. The molecule has 0 bridgehead atoms. The van der Waals surface area contributed by atoms with Gasteiger partial charge in [-0.2, -0.15) is 0 Å². The van der Waals surface area contributed by atoms with Crippen LogP contribution in [-0.4, -0.2) is 23.3 Å². The smallest absolute Gasteiger partial charge is 0.294 e.